The Hall–Kier alpha value is -2.14. The lowest BCUT2D eigenvalue weighted by molar-refractivity contribution is 0.0696. The van der Waals surface area contributed by atoms with E-state index in [4.69, 9.17) is 5.11 Å². The average Bonchev–Trinajstić information content (AvgIpc) is 2.81. The second-order valence-electron chi connectivity index (χ2n) is 4.46. The van der Waals surface area contributed by atoms with Crippen molar-refractivity contribution >= 4 is 5.97 Å². The van der Waals surface area contributed by atoms with E-state index in [0.717, 1.165) is 24.2 Å². The van der Waals surface area contributed by atoms with Crippen molar-refractivity contribution in [3.05, 3.63) is 53.3 Å². The van der Waals surface area contributed by atoms with Crippen LogP contribution in [0.25, 0.3) is 0 Å². The molecule has 0 atom stereocenters. The van der Waals surface area contributed by atoms with Crippen LogP contribution >= 0.6 is 0 Å². The molecule has 19 heavy (non-hydrogen) atoms. The third-order valence-electron chi connectivity index (χ3n) is 2.78. The van der Waals surface area contributed by atoms with Crippen LogP contribution in [0.3, 0.4) is 0 Å². The van der Waals surface area contributed by atoms with Crippen LogP contribution in [-0.2, 0) is 13.1 Å². The lowest BCUT2D eigenvalue weighted by Gasteiger charge is -2.06. The molecule has 0 saturated carbocycles. The minimum absolute atomic E-state index is 0.321. The number of aryl methyl sites for hydroxylation is 1. The largest absolute Gasteiger partial charge is 0.478 e. The Morgan fingerprint density at radius 1 is 1.47 bits per heavy atom. The summed E-state index contributed by atoms with van der Waals surface area (Å²) >= 11 is 0. The number of nitrogens with one attached hydrogen (secondary N) is 1. The van der Waals surface area contributed by atoms with E-state index < -0.39 is 5.97 Å². The first-order valence-corrected chi connectivity index (χ1v) is 6.17. The summed E-state index contributed by atoms with van der Waals surface area (Å²) in [4.78, 5) is 10.8. The van der Waals surface area contributed by atoms with Gasteiger partial charge >= 0.3 is 5.97 Å². The minimum atomic E-state index is -0.895. The van der Waals surface area contributed by atoms with Crippen LogP contribution in [0.1, 0.15) is 21.5 Å². The highest BCUT2D eigenvalue weighted by Crippen LogP contribution is 2.05. The fraction of sp³-hybridized carbons (Fsp3) is 0.286. The molecule has 0 amide bonds. The Labute approximate surface area is 111 Å². The van der Waals surface area contributed by atoms with Gasteiger partial charge in [-0.15, -0.1) is 0 Å². The Morgan fingerprint density at radius 3 is 3.00 bits per heavy atom. The van der Waals surface area contributed by atoms with Crippen LogP contribution in [0.5, 0.6) is 0 Å². The van der Waals surface area contributed by atoms with Gasteiger partial charge in [-0.1, -0.05) is 12.1 Å². The molecule has 0 fully saturated rings. The third-order valence-corrected chi connectivity index (χ3v) is 2.78. The molecule has 0 radical (unpaired) electrons. The number of nitrogens with zero attached hydrogens (tertiary/aromatic N) is 2. The number of carboxylic acid groups (broad SMARTS) is 1. The summed E-state index contributed by atoms with van der Waals surface area (Å²) in [5.74, 6) is -0.895. The Bertz CT molecular complexity index is 563. The van der Waals surface area contributed by atoms with Gasteiger partial charge in [-0.2, -0.15) is 5.10 Å². The van der Waals surface area contributed by atoms with Crippen molar-refractivity contribution in [3.8, 4) is 0 Å². The van der Waals surface area contributed by atoms with E-state index >= 15 is 0 Å². The van der Waals surface area contributed by atoms with Crippen LogP contribution < -0.4 is 5.32 Å². The quantitative estimate of drug-likeness (QED) is 0.774. The van der Waals surface area contributed by atoms with Gasteiger partial charge in [0.1, 0.15) is 0 Å². The van der Waals surface area contributed by atoms with Crippen molar-refractivity contribution in [2.75, 3.05) is 6.54 Å². The van der Waals surface area contributed by atoms with Crippen LogP contribution in [-0.4, -0.2) is 27.4 Å². The molecule has 0 saturated heterocycles. The zero-order valence-electron chi connectivity index (χ0n) is 10.8. The highest BCUT2D eigenvalue weighted by atomic mass is 16.4. The average molecular weight is 259 g/mol. The highest BCUT2D eigenvalue weighted by molar-refractivity contribution is 5.87. The topological polar surface area (TPSA) is 67.2 Å². The second kappa shape index (κ2) is 6.15. The highest BCUT2D eigenvalue weighted by Gasteiger charge is 2.02. The van der Waals surface area contributed by atoms with Crippen molar-refractivity contribution in [3.63, 3.8) is 0 Å². The monoisotopic (exact) mass is 259 g/mol. The van der Waals surface area contributed by atoms with Crippen LogP contribution in [0.4, 0.5) is 0 Å². The number of benzene rings is 1. The number of aromatic nitrogens is 2. The molecule has 2 rings (SSSR count). The molecule has 2 aromatic rings. The predicted octanol–water partition coefficient (Wildman–Crippen LogP) is 1.68. The van der Waals surface area contributed by atoms with Crippen molar-refractivity contribution < 1.29 is 9.90 Å². The van der Waals surface area contributed by atoms with Gasteiger partial charge in [0.05, 0.1) is 18.3 Å². The van der Waals surface area contributed by atoms with Gasteiger partial charge in [-0.25, -0.2) is 4.79 Å². The molecule has 100 valence electrons. The summed E-state index contributed by atoms with van der Waals surface area (Å²) < 4.78 is 1.88. The molecule has 0 aliphatic rings. The summed E-state index contributed by atoms with van der Waals surface area (Å²) in [6.07, 6.45) is 3.82. The molecule has 5 nitrogen and oxygen atoms in total. The molecule has 0 aliphatic carbocycles. The van der Waals surface area contributed by atoms with Gasteiger partial charge in [0.25, 0.3) is 0 Å². The van der Waals surface area contributed by atoms with Crippen molar-refractivity contribution in [2.24, 2.45) is 0 Å². The Balaban J connectivity index is 1.79. The fourth-order valence-corrected chi connectivity index (χ4v) is 1.83. The molecule has 1 heterocycles. The predicted molar refractivity (Wildman–Crippen MR) is 72.1 cm³/mol. The van der Waals surface area contributed by atoms with Crippen LogP contribution in [0, 0.1) is 6.92 Å². The Morgan fingerprint density at radius 2 is 2.32 bits per heavy atom. The van der Waals surface area contributed by atoms with Gasteiger partial charge in [0.2, 0.25) is 0 Å². The number of aromatic carboxylic acids is 1. The number of hydrogen-bond acceptors (Lipinski definition) is 3. The first-order chi connectivity index (χ1) is 9.15. The van der Waals surface area contributed by atoms with Crippen molar-refractivity contribution in [1.29, 1.82) is 0 Å². The van der Waals surface area contributed by atoms with Gasteiger partial charge < -0.3 is 10.4 Å². The van der Waals surface area contributed by atoms with E-state index in [2.05, 4.69) is 10.4 Å². The van der Waals surface area contributed by atoms with Gasteiger partial charge in [0, 0.05) is 19.3 Å². The molecule has 2 N–H and O–H groups in total. The molecule has 0 spiro atoms. The van der Waals surface area contributed by atoms with Gasteiger partial charge in [-0.3, -0.25) is 4.68 Å². The summed E-state index contributed by atoms with van der Waals surface area (Å²) in [6.45, 7) is 4.25. The second-order valence-corrected chi connectivity index (χ2v) is 4.46. The molecule has 1 aromatic carbocycles. The minimum Gasteiger partial charge on any atom is -0.478 e. The standard InChI is InChI=1S/C14H17N3O2/c1-11-8-16-17(10-11)6-5-15-9-12-3-2-4-13(7-12)14(18)19/h2-4,7-8,10,15H,5-6,9H2,1H3,(H,18,19). The van der Waals surface area contributed by atoms with Gasteiger partial charge in [0.15, 0.2) is 0 Å². The molecule has 0 bridgehead atoms. The first-order valence-electron chi connectivity index (χ1n) is 6.17. The maximum atomic E-state index is 10.8. The number of hydrogen-bond donors (Lipinski definition) is 2. The van der Waals surface area contributed by atoms with E-state index in [1.54, 1.807) is 18.2 Å². The maximum Gasteiger partial charge on any atom is 0.335 e. The first kappa shape index (κ1) is 13.3. The summed E-state index contributed by atoms with van der Waals surface area (Å²) in [5, 5.41) is 16.4. The van der Waals surface area contributed by atoms with Crippen molar-refractivity contribution in [2.45, 2.75) is 20.0 Å². The van der Waals surface area contributed by atoms with Crippen LogP contribution in [0.15, 0.2) is 36.7 Å². The van der Waals surface area contributed by atoms with Crippen LogP contribution in [0.2, 0.25) is 0 Å². The third kappa shape index (κ3) is 3.93. The Kier molecular flexibility index (Phi) is 4.30. The van der Waals surface area contributed by atoms with E-state index in [-0.39, 0.29) is 0 Å². The number of carbonyl (C=O) groups is 1. The smallest absolute Gasteiger partial charge is 0.335 e. The molecule has 0 aliphatic heterocycles. The van der Waals surface area contributed by atoms with E-state index in [9.17, 15) is 4.79 Å². The summed E-state index contributed by atoms with van der Waals surface area (Å²) in [6, 6.07) is 6.96. The molecule has 0 unspecified atom stereocenters. The van der Waals surface area contributed by atoms with E-state index in [0.29, 0.717) is 12.1 Å². The summed E-state index contributed by atoms with van der Waals surface area (Å²) in [7, 11) is 0. The zero-order chi connectivity index (χ0) is 13.7. The molecule has 1 aromatic heterocycles. The summed E-state index contributed by atoms with van der Waals surface area (Å²) in [5.41, 5.74) is 2.44. The lowest BCUT2D eigenvalue weighted by atomic mass is 10.1. The normalized spacial score (nSPS) is 10.6. The zero-order valence-corrected chi connectivity index (χ0v) is 10.8. The van der Waals surface area contributed by atoms with E-state index in [1.165, 1.54) is 0 Å². The molecular formula is C14H17N3O2. The molecular weight excluding hydrogens is 242 g/mol. The molecule has 5 heteroatoms. The SMILES string of the molecule is Cc1cnn(CCNCc2cccc(C(=O)O)c2)c1. The lowest BCUT2D eigenvalue weighted by Crippen LogP contribution is -2.19. The fourth-order valence-electron chi connectivity index (χ4n) is 1.83. The number of carboxylic acids is 1. The van der Waals surface area contributed by atoms with Crippen molar-refractivity contribution in [1.82, 2.24) is 15.1 Å². The van der Waals surface area contributed by atoms with E-state index in [1.807, 2.05) is 30.1 Å². The van der Waals surface area contributed by atoms with Gasteiger partial charge in [-0.05, 0) is 30.2 Å². The maximum absolute atomic E-state index is 10.8. The number of rotatable bonds is 6.